The monoisotopic (exact) mass is 424 g/mol. The number of carbonyl (C=O) groups excluding carboxylic acids is 3. The minimum absolute atomic E-state index is 0.0576. The van der Waals surface area contributed by atoms with Crippen LogP contribution in [0.4, 0.5) is 0 Å². The second-order valence-corrected chi connectivity index (χ2v) is 7.27. The molecule has 4 rings (SSSR count). The summed E-state index contributed by atoms with van der Waals surface area (Å²) in [5.74, 6) is -0.447. The van der Waals surface area contributed by atoms with E-state index in [1.807, 2.05) is 12.1 Å². The van der Waals surface area contributed by atoms with Crippen LogP contribution in [0.1, 0.15) is 34.5 Å². The first-order chi connectivity index (χ1) is 14.5. The normalized spacial score (nSPS) is 13.7. The highest BCUT2D eigenvalue weighted by atomic mass is 35.5. The maximum atomic E-state index is 12.3. The number of aromatic nitrogens is 1. The number of nitrogens with zero attached hydrogens (tertiary/aromatic N) is 2. The first-order valence-corrected chi connectivity index (χ1v) is 9.68. The molecule has 1 aliphatic heterocycles. The van der Waals surface area contributed by atoms with Crippen LogP contribution in [0.25, 0.3) is 11.3 Å². The van der Waals surface area contributed by atoms with E-state index in [2.05, 4.69) is 5.16 Å². The van der Waals surface area contributed by atoms with Gasteiger partial charge >= 0.3 is 5.97 Å². The Balaban J connectivity index is 1.33. The average molecular weight is 425 g/mol. The van der Waals surface area contributed by atoms with E-state index in [0.29, 0.717) is 22.0 Å². The fraction of sp³-hybridized carbons (Fsp3) is 0.182. The first-order valence-electron chi connectivity index (χ1n) is 9.30. The van der Waals surface area contributed by atoms with Gasteiger partial charge in [0.25, 0.3) is 0 Å². The Morgan fingerprint density at radius 1 is 1.03 bits per heavy atom. The summed E-state index contributed by atoms with van der Waals surface area (Å²) in [5.41, 5.74) is 2.58. The van der Waals surface area contributed by atoms with Crippen LogP contribution in [0, 0.1) is 0 Å². The second-order valence-electron chi connectivity index (χ2n) is 6.83. The van der Waals surface area contributed by atoms with Crippen molar-refractivity contribution in [2.24, 2.45) is 0 Å². The molecule has 7 nitrogen and oxygen atoms in total. The lowest BCUT2D eigenvalue weighted by molar-refractivity contribution is -0.139. The maximum absolute atomic E-state index is 12.3. The fourth-order valence-corrected chi connectivity index (χ4v) is 3.21. The SMILES string of the molecule is O=C(OCc1cc(-c2ccc(Cl)cc2)no1)c1ccc(CN2C(=O)CCC2=O)cc1. The molecule has 1 fully saturated rings. The highest BCUT2D eigenvalue weighted by Gasteiger charge is 2.28. The van der Waals surface area contributed by atoms with Crippen molar-refractivity contribution in [3.63, 3.8) is 0 Å². The van der Waals surface area contributed by atoms with Gasteiger partial charge in [0.05, 0.1) is 12.1 Å². The quantitative estimate of drug-likeness (QED) is 0.439. The van der Waals surface area contributed by atoms with E-state index in [9.17, 15) is 14.4 Å². The van der Waals surface area contributed by atoms with Crippen LogP contribution in [0.2, 0.25) is 5.02 Å². The van der Waals surface area contributed by atoms with Gasteiger partial charge in [0.15, 0.2) is 12.4 Å². The number of halogens is 1. The van der Waals surface area contributed by atoms with Gasteiger partial charge in [-0.1, -0.05) is 41.0 Å². The summed E-state index contributed by atoms with van der Waals surface area (Å²) in [5, 5.41) is 4.60. The van der Waals surface area contributed by atoms with Crippen LogP contribution in [-0.2, 0) is 27.5 Å². The molecule has 30 heavy (non-hydrogen) atoms. The lowest BCUT2D eigenvalue weighted by atomic mass is 10.1. The van der Waals surface area contributed by atoms with Crippen molar-refractivity contribution in [1.82, 2.24) is 10.1 Å². The van der Waals surface area contributed by atoms with Crippen molar-refractivity contribution >= 4 is 29.4 Å². The number of likely N-dealkylation sites (tertiary alicyclic amines) is 1. The molecule has 152 valence electrons. The number of benzene rings is 2. The minimum Gasteiger partial charge on any atom is -0.454 e. The molecular formula is C22H17ClN2O5. The third-order valence-electron chi connectivity index (χ3n) is 4.73. The maximum Gasteiger partial charge on any atom is 0.338 e. The standard InChI is InChI=1S/C22H17ClN2O5/c23-17-7-5-15(6-8-17)19-11-18(30-24-19)13-29-22(28)16-3-1-14(2-4-16)12-25-20(26)9-10-21(25)27/h1-8,11H,9-10,12-13H2. The van der Waals surface area contributed by atoms with E-state index < -0.39 is 5.97 Å². The van der Waals surface area contributed by atoms with E-state index in [0.717, 1.165) is 11.1 Å². The number of hydrogen-bond donors (Lipinski definition) is 0. The van der Waals surface area contributed by atoms with Crippen molar-refractivity contribution in [1.29, 1.82) is 0 Å². The van der Waals surface area contributed by atoms with E-state index in [1.54, 1.807) is 42.5 Å². The number of esters is 1. The summed E-state index contributed by atoms with van der Waals surface area (Å²) in [7, 11) is 0. The van der Waals surface area contributed by atoms with Crippen LogP contribution >= 0.6 is 11.6 Å². The molecule has 2 heterocycles. The highest BCUT2D eigenvalue weighted by molar-refractivity contribution is 6.30. The molecule has 1 aliphatic rings. The van der Waals surface area contributed by atoms with Crippen molar-refractivity contribution in [2.75, 3.05) is 0 Å². The van der Waals surface area contributed by atoms with Crippen LogP contribution < -0.4 is 0 Å². The number of imide groups is 1. The molecule has 3 aromatic rings. The minimum atomic E-state index is -0.515. The topological polar surface area (TPSA) is 89.7 Å². The summed E-state index contributed by atoms with van der Waals surface area (Å²) >= 11 is 5.88. The highest BCUT2D eigenvalue weighted by Crippen LogP contribution is 2.22. The van der Waals surface area contributed by atoms with Crippen molar-refractivity contribution in [3.05, 3.63) is 76.5 Å². The lowest BCUT2D eigenvalue weighted by Crippen LogP contribution is -2.28. The Labute approximate surface area is 177 Å². The zero-order valence-electron chi connectivity index (χ0n) is 15.8. The van der Waals surface area contributed by atoms with E-state index in [1.165, 1.54) is 4.90 Å². The molecule has 0 saturated carbocycles. The van der Waals surface area contributed by atoms with E-state index in [-0.39, 0.29) is 37.8 Å². The number of carbonyl (C=O) groups is 3. The van der Waals surface area contributed by atoms with Crippen LogP contribution in [0.15, 0.2) is 59.1 Å². The predicted molar refractivity (Wildman–Crippen MR) is 107 cm³/mol. The van der Waals surface area contributed by atoms with Gasteiger partial charge in [0, 0.05) is 29.5 Å². The fourth-order valence-electron chi connectivity index (χ4n) is 3.09. The number of amides is 2. The lowest BCUT2D eigenvalue weighted by Gasteiger charge is -2.13. The van der Waals surface area contributed by atoms with Crippen LogP contribution in [0.5, 0.6) is 0 Å². The molecular weight excluding hydrogens is 408 g/mol. The molecule has 0 spiro atoms. The van der Waals surface area contributed by atoms with Gasteiger partial charge in [0.1, 0.15) is 5.69 Å². The van der Waals surface area contributed by atoms with Gasteiger partial charge in [0.2, 0.25) is 11.8 Å². The smallest absolute Gasteiger partial charge is 0.338 e. The molecule has 0 bridgehead atoms. The third-order valence-corrected chi connectivity index (χ3v) is 4.98. The molecule has 8 heteroatoms. The Bertz CT molecular complexity index is 1070. The third kappa shape index (κ3) is 4.41. The summed E-state index contributed by atoms with van der Waals surface area (Å²) in [6.45, 7) is 0.149. The van der Waals surface area contributed by atoms with Gasteiger partial charge in [-0.2, -0.15) is 0 Å². The molecule has 2 amide bonds. The molecule has 0 atom stereocenters. The van der Waals surface area contributed by atoms with Crippen LogP contribution in [-0.4, -0.2) is 27.8 Å². The molecule has 1 saturated heterocycles. The molecule has 0 N–H and O–H groups in total. The molecule has 0 radical (unpaired) electrons. The summed E-state index contributed by atoms with van der Waals surface area (Å²) in [6, 6.07) is 15.4. The summed E-state index contributed by atoms with van der Waals surface area (Å²) in [4.78, 5) is 36.9. The predicted octanol–water partition coefficient (Wildman–Crippen LogP) is 4.00. The van der Waals surface area contributed by atoms with Gasteiger partial charge < -0.3 is 9.26 Å². The van der Waals surface area contributed by atoms with E-state index in [4.69, 9.17) is 20.9 Å². The van der Waals surface area contributed by atoms with E-state index >= 15 is 0 Å². The van der Waals surface area contributed by atoms with Gasteiger partial charge in [-0.15, -0.1) is 0 Å². The van der Waals surface area contributed by atoms with Gasteiger partial charge in [-0.25, -0.2) is 4.79 Å². The molecule has 0 unspecified atom stereocenters. The first kappa shape index (κ1) is 19.8. The van der Waals surface area contributed by atoms with Crippen molar-refractivity contribution in [2.45, 2.75) is 26.0 Å². The molecule has 0 aliphatic carbocycles. The van der Waals surface area contributed by atoms with Gasteiger partial charge in [-0.3, -0.25) is 14.5 Å². The summed E-state index contributed by atoms with van der Waals surface area (Å²) in [6.07, 6.45) is 0.509. The number of ether oxygens (including phenoxy) is 1. The van der Waals surface area contributed by atoms with Crippen LogP contribution in [0.3, 0.4) is 0 Å². The Hall–Kier alpha value is -3.45. The zero-order valence-corrected chi connectivity index (χ0v) is 16.6. The second kappa shape index (κ2) is 8.51. The van der Waals surface area contributed by atoms with Crippen molar-refractivity contribution < 1.29 is 23.6 Å². The Kier molecular flexibility index (Phi) is 5.63. The number of hydrogen-bond acceptors (Lipinski definition) is 6. The Morgan fingerprint density at radius 2 is 1.70 bits per heavy atom. The number of rotatable bonds is 6. The largest absolute Gasteiger partial charge is 0.454 e. The summed E-state index contributed by atoms with van der Waals surface area (Å²) < 4.78 is 10.5. The van der Waals surface area contributed by atoms with Gasteiger partial charge in [-0.05, 0) is 29.8 Å². The molecule has 1 aromatic heterocycles. The average Bonchev–Trinajstić information content (AvgIpc) is 3.35. The Morgan fingerprint density at radius 3 is 2.37 bits per heavy atom. The molecule has 2 aromatic carbocycles. The zero-order chi connectivity index (χ0) is 21.1. The van der Waals surface area contributed by atoms with Crippen molar-refractivity contribution in [3.8, 4) is 11.3 Å².